The van der Waals surface area contributed by atoms with Crippen LogP contribution >= 0.6 is 0 Å². The van der Waals surface area contributed by atoms with Crippen LogP contribution in [0.2, 0.25) is 0 Å². The van der Waals surface area contributed by atoms with Crippen LogP contribution in [0.5, 0.6) is 0 Å². The SMILES string of the molecule is Cc1cc(Nc2cc(C(C)(C)C)[nH]n2)nc(N2CCC2c2cc(-c3ncccn3)no2)n1. The Morgan fingerprint density at radius 3 is 2.59 bits per heavy atom. The minimum Gasteiger partial charge on any atom is -0.358 e. The molecule has 1 saturated heterocycles. The van der Waals surface area contributed by atoms with E-state index in [4.69, 9.17) is 9.51 Å². The van der Waals surface area contributed by atoms with E-state index in [1.807, 2.05) is 25.1 Å². The molecule has 0 aliphatic carbocycles. The highest BCUT2D eigenvalue weighted by molar-refractivity contribution is 5.56. The Morgan fingerprint density at radius 2 is 1.91 bits per heavy atom. The number of anilines is 3. The molecular formula is C22H25N9O. The zero-order valence-electron chi connectivity index (χ0n) is 18.5. The summed E-state index contributed by atoms with van der Waals surface area (Å²) in [4.78, 5) is 19.9. The van der Waals surface area contributed by atoms with Crippen molar-refractivity contribution < 1.29 is 4.52 Å². The van der Waals surface area contributed by atoms with Crippen LogP contribution in [0.25, 0.3) is 11.5 Å². The predicted molar refractivity (Wildman–Crippen MR) is 120 cm³/mol. The summed E-state index contributed by atoms with van der Waals surface area (Å²) in [5.74, 6) is 3.35. The fourth-order valence-corrected chi connectivity index (χ4v) is 3.55. The largest absolute Gasteiger partial charge is 0.358 e. The van der Waals surface area contributed by atoms with Gasteiger partial charge in [-0.05, 0) is 19.4 Å². The van der Waals surface area contributed by atoms with Crippen molar-refractivity contribution in [1.82, 2.24) is 35.3 Å². The van der Waals surface area contributed by atoms with Crippen molar-refractivity contribution in [1.29, 1.82) is 0 Å². The van der Waals surface area contributed by atoms with Gasteiger partial charge in [0.25, 0.3) is 0 Å². The van der Waals surface area contributed by atoms with E-state index < -0.39 is 0 Å². The van der Waals surface area contributed by atoms with Gasteiger partial charge >= 0.3 is 0 Å². The van der Waals surface area contributed by atoms with Crippen molar-refractivity contribution in [2.75, 3.05) is 16.8 Å². The number of aromatic amines is 1. The first-order valence-corrected chi connectivity index (χ1v) is 10.6. The molecule has 0 amide bonds. The quantitative estimate of drug-likeness (QED) is 0.484. The fraction of sp³-hybridized carbons (Fsp3) is 0.364. The van der Waals surface area contributed by atoms with E-state index in [-0.39, 0.29) is 11.5 Å². The van der Waals surface area contributed by atoms with Gasteiger partial charge in [0.05, 0.1) is 6.04 Å². The Bertz CT molecular complexity index is 1230. The Balaban J connectivity index is 1.36. The summed E-state index contributed by atoms with van der Waals surface area (Å²) in [5, 5.41) is 14.9. The maximum Gasteiger partial charge on any atom is 0.228 e. The van der Waals surface area contributed by atoms with Gasteiger partial charge in [-0.3, -0.25) is 5.10 Å². The van der Waals surface area contributed by atoms with Crippen LogP contribution in [0.3, 0.4) is 0 Å². The number of hydrogen-bond donors (Lipinski definition) is 2. The molecule has 10 nitrogen and oxygen atoms in total. The van der Waals surface area contributed by atoms with Crippen molar-refractivity contribution in [3.8, 4) is 11.5 Å². The van der Waals surface area contributed by atoms with Gasteiger partial charge in [-0.25, -0.2) is 15.0 Å². The number of aryl methyl sites for hydroxylation is 1. The summed E-state index contributed by atoms with van der Waals surface area (Å²) in [6.07, 6.45) is 4.30. The number of nitrogens with zero attached hydrogens (tertiary/aromatic N) is 7. The zero-order valence-corrected chi connectivity index (χ0v) is 18.5. The summed E-state index contributed by atoms with van der Waals surface area (Å²) in [5.41, 5.74) is 2.53. The summed E-state index contributed by atoms with van der Waals surface area (Å²) in [6.45, 7) is 9.21. The van der Waals surface area contributed by atoms with E-state index in [0.717, 1.165) is 35.9 Å². The molecule has 10 heteroatoms. The minimum atomic E-state index is -0.00868. The molecule has 0 spiro atoms. The molecule has 1 unspecified atom stereocenters. The number of rotatable bonds is 5. The molecule has 1 aliphatic rings. The summed E-state index contributed by atoms with van der Waals surface area (Å²) in [6, 6.07) is 7.59. The van der Waals surface area contributed by atoms with Gasteiger partial charge in [0.15, 0.2) is 23.1 Å². The average molecular weight is 432 g/mol. The van der Waals surface area contributed by atoms with Crippen LogP contribution in [0.1, 0.15) is 50.4 Å². The maximum absolute atomic E-state index is 5.61. The Kier molecular flexibility index (Phi) is 4.84. The van der Waals surface area contributed by atoms with Crippen molar-refractivity contribution in [3.63, 3.8) is 0 Å². The van der Waals surface area contributed by atoms with E-state index in [1.165, 1.54) is 0 Å². The molecule has 1 aliphatic heterocycles. The van der Waals surface area contributed by atoms with Crippen LogP contribution in [-0.2, 0) is 5.41 Å². The van der Waals surface area contributed by atoms with Crippen molar-refractivity contribution in [3.05, 3.63) is 53.8 Å². The smallest absolute Gasteiger partial charge is 0.228 e. The Morgan fingerprint density at radius 1 is 1.09 bits per heavy atom. The van der Waals surface area contributed by atoms with Crippen molar-refractivity contribution in [2.45, 2.75) is 45.6 Å². The molecular weight excluding hydrogens is 406 g/mol. The van der Waals surface area contributed by atoms with Crippen LogP contribution in [0, 0.1) is 6.92 Å². The van der Waals surface area contributed by atoms with Crippen LogP contribution in [0.4, 0.5) is 17.6 Å². The molecule has 4 aromatic heterocycles. The van der Waals surface area contributed by atoms with Crippen LogP contribution in [0.15, 0.2) is 41.2 Å². The Hall–Kier alpha value is -3.82. The minimum absolute atomic E-state index is 0.00868. The second kappa shape index (κ2) is 7.70. The van der Waals surface area contributed by atoms with Crippen molar-refractivity contribution >= 4 is 17.6 Å². The van der Waals surface area contributed by atoms with Gasteiger partial charge in [0.1, 0.15) is 5.82 Å². The predicted octanol–water partition coefficient (Wildman–Crippen LogP) is 3.95. The maximum atomic E-state index is 5.61. The lowest BCUT2D eigenvalue weighted by molar-refractivity contribution is 0.315. The number of H-pyrrole nitrogens is 1. The first kappa shape index (κ1) is 20.1. The molecule has 5 rings (SSSR count). The van der Waals surface area contributed by atoms with Crippen LogP contribution < -0.4 is 10.2 Å². The third-order valence-corrected chi connectivity index (χ3v) is 5.41. The molecule has 1 atom stereocenters. The number of aromatic nitrogens is 7. The molecule has 1 fully saturated rings. The van der Waals surface area contributed by atoms with E-state index in [0.29, 0.717) is 23.3 Å². The third-order valence-electron chi connectivity index (χ3n) is 5.41. The lowest BCUT2D eigenvalue weighted by atomic mass is 9.92. The molecule has 0 aromatic carbocycles. The highest BCUT2D eigenvalue weighted by Crippen LogP contribution is 2.37. The second-order valence-electron chi connectivity index (χ2n) is 8.92. The van der Waals surface area contributed by atoms with Gasteiger partial charge in [-0.2, -0.15) is 10.1 Å². The van der Waals surface area contributed by atoms with Gasteiger partial charge in [0.2, 0.25) is 5.95 Å². The normalized spacial score (nSPS) is 16.1. The Labute approximate surface area is 185 Å². The van der Waals surface area contributed by atoms with Crippen molar-refractivity contribution in [2.24, 2.45) is 0 Å². The van der Waals surface area contributed by atoms with E-state index in [2.05, 4.69) is 61.3 Å². The highest BCUT2D eigenvalue weighted by Gasteiger charge is 2.35. The molecule has 4 aromatic rings. The van der Waals surface area contributed by atoms with Gasteiger partial charge < -0.3 is 14.7 Å². The molecule has 0 bridgehead atoms. The van der Waals surface area contributed by atoms with Crippen LogP contribution in [-0.4, -0.2) is 41.8 Å². The van der Waals surface area contributed by atoms with Gasteiger partial charge in [0, 0.05) is 53.9 Å². The molecule has 2 N–H and O–H groups in total. The molecule has 5 heterocycles. The van der Waals surface area contributed by atoms with Gasteiger partial charge in [-0.15, -0.1) is 0 Å². The standard InChI is InChI=1S/C22H25N9O/c1-13-10-18(26-19-12-17(28-29-19)22(2,3)4)27-21(25-13)31-9-6-15(31)16-11-14(30-32-16)20-23-7-5-8-24-20/h5,7-8,10-12,15H,6,9H2,1-4H3,(H2,25,26,27,28,29). The zero-order chi connectivity index (χ0) is 22.3. The topological polar surface area (TPSA) is 122 Å². The first-order chi connectivity index (χ1) is 15.4. The first-order valence-electron chi connectivity index (χ1n) is 10.6. The fourth-order valence-electron chi connectivity index (χ4n) is 3.55. The second-order valence-corrected chi connectivity index (χ2v) is 8.92. The summed E-state index contributed by atoms with van der Waals surface area (Å²) < 4.78 is 5.61. The molecule has 0 radical (unpaired) electrons. The lowest BCUT2D eigenvalue weighted by Crippen LogP contribution is -2.42. The van der Waals surface area contributed by atoms with E-state index in [9.17, 15) is 0 Å². The third kappa shape index (κ3) is 3.91. The molecule has 32 heavy (non-hydrogen) atoms. The van der Waals surface area contributed by atoms with E-state index in [1.54, 1.807) is 18.5 Å². The average Bonchev–Trinajstić information content (AvgIpc) is 3.37. The molecule has 0 saturated carbocycles. The van der Waals surface area contributed by atoms with E-state index >= 15 is 0 Å². The van der Waals surface area contributed by atoms with Gasteiger partial charge in [-0.1, -0.05) is 25.9 Å². The molecule has 164 valence electrons. The monoisotopic (exact) mass is 431 g/mol. The summed E-state index contributed by atoms with van der Waals surface area (Å²) in [7, 11) is 0. The lowest BCUT2D eigenvalue weighted by Gasteiger charge is -2.39. The number of nitrogens with one attached hydrogen (secondary N) is 2. The summed E-state index contributed by atoms with van der Waals surface area (Å²) >= 11 is 0. The number of hydrogen-bond acceptors (Lipinski definition) is 9. The highest BCUT2D eigenvalue weighted by atomic mass is 16.5.